The molecule has 0 heterocycles. The molecule has 1 N–H and O–H groups in total. The lowest BCUT2D eigenvalue weighted by molar-refractivity contribution is 0.198. The molecule has 0 aliphatic heterocycles. The van der Waals surface area contributed by atoms with Crippen molar-refractivity contribution in [2.75, 3.05) is 0 Å². The number of hydrogen-bond acceptors (Lipinski definition) is 2. The van der Waals surface area contributed by atoms with Gasteiger partial charge in [0.1, 0.15) is 0 Å². The van der Waals surface area contributed by atoms with E-state index in [2.05, 4.69) is 6.58 Å². The van der Waals surface area contributed by atoms with Gasteiger partial charge in [0.2, 0.25) is 0 Å². The van der Waals surface area contributed by atoms with Gasteiger partial charge < -0.3 is 9.76 Å². The zero-order valence-corrected chi connectivity index (χ0v) is 10.9. The summed E-state index contributed by atoms with van der Waals surface area (Å²) in [7, 11) is 0. The smallest absolute Gasteiger partial charge is 0.368 e. The second-order valence-corrected chi connectivity index (χ2v) is 5.77. The molecule has 2 aliphatic carbocycles. The van der Waals surface area contributed by atoms with E-state index in [0.717, 1.165) is 0 Å². The highest BCUT2D eigenvalue weighted by atomic mass is 16.6. The van der Waals surface area contributed by atoms with Gasteiger partial charge in [-0.25, -0.2) is 0 Å². The molecule has 0 amide bonds. The first kappa shape index (κ1) is 12.9. The lowest BCUT2D eigenvalue weighted by Crippen LogP contribution is -2.33. The molecule has 0 saturated heterocycles. The monoisotopic (exact) mass is 236 g/mol. The number of hydrogen-bond donors (Lipinski definition) is 1. The third-order valence-electron chi connectivity index (χ3n) is 4.50. The minimum Gasteiger partial charge on any atom is -0.536 e. The van der Waals surface area contributed by atoms with Crippen molar-refractivity contribution in [1.29, 1.82) is 0 Å². The van der Waals surface area contributed by atoms with Crippen molar-refractivity contribution in [3.63, 3.8) is 0 Å². The Morgan fingerprint density at radius 2 is 1.29 bits per heavy atom. The van der Waals surface area contributed by atoms with Crippen LogP contribution in [0.1, 0.15) is 64.2 Å². The van der Waals surface area contributed by atoms with Crippen LogP contribution >= 0.6 is 0 Å². The summed E-state index contributed by atoms with van der Waals surface area (Å²) < 4.78 is 5.69. The van der Waals surface area contributed by atoms with E-state index in [0.29, 0.717) is 11.6 Å². The lowest BCUT2D eigenvalue weighted by Gasteiger charge is -2.34. The van der Waals surface area contributed by atoms with Crippen LogP contribution in [0.3, 0.4) is 0 Å². The minimum atomic E-state index is -0.0776. The molecular formula is C14H25BO2. The lowest BCUT2D eigenvalue weighted by atomic mass is 9.42. The zero-order valence-electron chi connectivity index (χ0n) is 10.9. The maximum Gasteiger partial charge on any atom is 0.368 e. The molecule has 2 saturated carbocycles. The van der Waals surface area contributed by atoms with Crippen molar-refractivity contribution in [1.82, 2.24) is 0 Å². The average Bonchev–Trinajstić information content (AvgIpc) is 2.38. The molecule has 2 aliphatic rings. The molecular weight excluding hydrogens is 211 g/mol. The Hall–Kier alpha value is -0.595. The summed E-state index contributed by atoms with van der Waals surface area (Å²) in [6, 6.07) is 0. The van der Waals surface area contributed by atoms with Gasteiger partial charge in [-0.3, -0.25) is 0 Å². The van der Waals surface area contributed by atoms with E-state index in [1.165, 1.54) is 64.2 Å². The molecule has 3 heteroatoms. The molecule has 0 unspecified atom stereocenters. The van der Waals surface area contributed by atoms with E-state index in [-0.39, 0.29) is 12.9 Å². The molecule has 0 aromatic rings. The maximum atomic E-state index is 9.37. The van der Waals surface area contributed by atoms with Crippen LogP contribution in [0.2, 0.25) is 11.6 Å². The molecule has 0 atom stereocenters. The third kappa shape index (κ3) is 3.69. The summed E-state index contributed by atoms with van der Waals surface area (Å²) in [5.74, 6) is 1.22. The SMILES string of the molecule is C=C(O)OB(C1CCCCC1)C1CCCCC1. The summed E-state index contributed by atoms with van der Waals surface area (Å²) in [5.41, 5.74) is 0. The number of aliphatic hydroxyl groups excluding tert-OH is 1. The molecule has 0 aromatic carbocycles. The minimum absolute atomic E-state index is 0.0776. The van der Waals surface area contributed by atoms with Crippen LogP contribution < -0.4 is 0 Å². The first-order valence-electron chi connectivity index (χ1n) is 7.32. The molecule has 0 aromatic heterocycles. The van der Waals surface area contributed by atoms with Crippen LogP contribution in [0, 0.1) is 0 Å². The van der Waals surface area contributed by atoms with E-state index in [1.54, 1.807) is 0 Å². The summed E-state index contributed by atoms with van der Waals surface area (Å²) in [4.78, 5) is 0. The van der Waals surface area contributed by atoms with E-state index < -0.39 is 0 Å². The second kappa shape index (κ2) is 6.37. The third-order valence-corrected chi connectivity index (χ3v) is 4.50. The Labute approximate surface area is 106 Å². The summed E-state index contributed by atoms with van der Waals surface area (Å²) in [6.07, 6.45) is 13.1. The topological polar surface area (TPSA) is 29.5 Å². The van der Waals surface area contributed by atoms with Crippen molar-refractivity contribution in [3.8, 4) is 0 Å². The number of aliphatic hydroxyl groups is 1. The van der Waals surface area contributed by atoms with Crippen molar-refractivity contribution in [2.24, 2.45) is 0 Å². The van der Waals surface area contributed by atoms with Gasteiger partial charge >= 0.3 is 6.92 Å². The van der Waals surface area contributed by atoms with Gasteiger partial charge in [-0.05, 0) is 18.2 Å². The van der Waals surface area contributed by atoms with Gasteiger partial charge in [0.25, 0.3) is 5.95 Å². The van der Waals surface area contributed by atoms with Crippen molar-refractivity contribution in [3.05, 3.63) is 12.5 Å². The largest absolute Gasteiger partial charge is 0.536 e. The predicted octanol–water partition coefficient (Wildman–Crippen LogP) is 4.69. The van der Waals surface area contributed by atoms with Gasteiger partial charge in [-0.1, -0.05) is 64.2 Å². The fourth-order valence-electron chi connectivity index (χ4n) is 3.66. The summed E-state index contributed by atoms with van der Waals surface area (Å²) >= 11 is 0. The van der Waals surface area contributed by atoms with Crippen molar-refractivity contribution >= 4 is 6.92 Å². The van der Waals surface area contributed by atoms with E-state index in [1.807, 2.05) is 0 Å². The van der Waals surface area contributed by atoms with Crippen LogP contribution in [-0.4, -0.2) is 12.0 Å². The quantitative estimate of drug-likeness (QED) is 0.566. The van der Waals surface area contributed by atoms with Gasteiger partial charge in [0, 0.05) is 0 Å². The molecule has 2 fully saturated rings. The highest BCUT2D eigenvalue weighted by molar-refractivity contribution is 6.55. The zero-order chi connectivity index (χ0) is 12.1. The highest BCUT2D eigenvalue weighted by Crippen LogP contribution is 2.42. The Kier molecular flexibility index (Phi) is 4.81. The highest BCUT2D eigenvalue weighted by Gasteiger charge is 2.38. The van der Waals surface area contributed by atoms with Crippen molar-refractivity contribution in [2.45, 2.75) is 75.8 Å². The van der Waals surface area contributed by atoms with Crippen LogP contribution in [0.4, 0.5) is 0 Å². The average molecular weight is 236 g/mol. The van der Waals surface area contributed by atoms with Crippen LogP contribution in [0.25, 0.3) is 0 Å². The first-order valence-corrected chi connectivity index (χ1v) is 7.32. The fraction of sp³-hybridized carbons (Fsp3) is 0.857. The Bertz CT molecular complexity index is 225. The molecule has 2 rings (SSSR count). The summed E-state index contributed by atoms with van der Waals surface area (Å²) in [6.45, 7) is 3.75. The second-order valence-electron chi connectivity index (χ2n) is 5.77. The Morgan fingerprint density at radius 1 is 0.882 bits per heavy atom. The fourth-order valence-corrected chi connectivity index (χ4v) is 3.66. The van der Waals surface area contributed by atoms with E-state index in [9.17, 15) is 5.11 Å². The van der Waals surface area contributed by atoms with Crippen LogP contribution in [-0.2, 0) is 4.65 Å². The van der Waals surface area contributed by atoms with E-state index in [4.69, 9.17) is 4.65 Å². The maximum absolute atomic E-state index is 9.37. The predicted molar refractivity (Wildman–Crippen MR) is 72.3 cm³/mol. The van der Waals surface area contributed by atoms with Gasteiger partial charge in [0.15, 0.2) is 0 Å². The van der Waals surface area contributed by atoms with Crippen LogP contribution in [0.15, 0.2) is 12.5 Å². The summed E-state index contributed by atoms with van der Waals surface area (Å²) in [5, 5.41) is 9.37. The number of rotatable bonds is 4. The van der Waals surface area contributed by atoms with Gasteiger partial charge in [0.05, 0.1) is 0 Å². The Morgan fingerprint density at radius 3 is 1.65 bits per heavy atom. The van der Waals surface area contributed by atoms with Gasteiger partial charge in [-0.2, -0.15) is 0 Å². The normalized spacial score (nSPS) is 23.3. The molecule has 2 nitrogen and oxygen atoms in total. The van der Waals surface area contributed by atoms with Crippen LogP contribution in [0.5, 0.6) is 0 Å². The van der Waals surface area contributed by atoms with E-state index >= 15 is 0 Å². The Balaban J connectivity index is 1.97. The molecule has 17 heavy (non-hydrogen) atoms. The molecule has 0 radical (unpaired) electrons. The standard InChI is InChI=1S/C14H25BO2/c1-12(16)17-15(13-8-4-2-5-9-13)14-10-6-3-7-11-14/h13-14,16H,1-11H2. The molecule has 0 bridgehead atoms. The van der Waals surface area contributed by atoms with Crippen molar-refractivity contribution < 1.29 is 9.76 Å². The van der Waals surface area contributed by atoms with Gasteiger partial charge in [-0.15, -0.1) is 0 Å². The molecule has 96 valence electrons. The molecule has 0 spiro atoms. The first-order chi connectivity index (χ1) is 8.27.